The van der Waals surface area contributed by atoms with Crippen molar-refractivity contribution >= 4 is 43.1 Å². The first kappa shape index (κ1) is 14.4. The molecule has 0 saturated heterocycles. The van der Waals surface area contributed by atoms with Crippen LogP contribution < -0.4 is 0 Å². The maximum absolute atomic E-state index is 4.30. The molecule has 0 unspecified atom stereocenters. The number of pyridine rings is 1. The van der Waals surface area contributed by atoms with Crippen LogP contribution in [0, 0.1) is 0 Å². The highest BCUT2D eigenvalue weighted by Gasteiger charge is 2.21. The number of fused-ring (bicyclic) bond motifs is 2. The molecular formula is C27H15N. The lowest BCUT2D eigenvalue weighted by Crippen LogP contribution is -1.86. The normalized spacial score (nSPS) is 12.3. The minimum Gasteiger partial charge on any atom is -0.264 e. The van der Waals surface area contributed by atoms with Crippen molar-refractivity contribution in [3.63, 3.8) is 0 Å². The second-order valence-corrected chi connectivity index (χ2v) is 7.62. The molecule has 1 aliphatic rings. The molecule has 0 radical (unpaired) electrons. The fraction of sp³-hybridized carbons (Fsp3) is 0. The van der Waals surface area contributed by atoms with Gasteiger partial charge in [-0.3, -0.25) is 4.98 Å². The van der Waals surface area contributed by atoms with Gasteiger partial charge in [0.2, 0.25) is 0 Å². The van der Waals surface area contributed by atoms with E-state index in [1.54, 1.807) is 0 Å². The average Bonchev–Trinajstić information content (AvgIpc) is 3.11. The van der Waals surface area contributed by atoms with Crippen molar-refractivity contribution in [2.75, 3.05) is 0 Å². The summed E-state index contributed by atoms with van der Waals surface area (Å²) in [6.45, 7) is 0. The largest absolute Gasteiger partial charge is 0.264 e. The van der Waals surface area contributed by atoms with Crippen LogP contribution in [0.1, 0.15) is 0 Å². The SMILES string of the molecule is c1cc(-c2ccc3c4c2ccc2ccc5cccc-3c5c24)c2ccncc2c1. The number of hydrogen-bond acceptors (Lipinski definition) is 1. The summed E-state index contributed by atoms with van der Waals surface area (Å²) in [5, 5.41) is 10.6. The highest BCUT2D eigenvalue weighted by molar-refractivity contribution is 6.34. The smallest absolute Gasteiger partial charge is 0.0346 e. The first-order chi connectivity index (χ1) is 13.9. The van der Waals surface area contributed by atoms with Crippen molar-refractivity contribution in [3.8, 4) is 22.3 Å². The lowest BCUT2D eigenvalue weighted by molar-refractivity contribution is 1.36. The minimum atomic E-state index is 1.18. The summed E-state index contributed by atoms with van der Waals surface area (Å²) in [6, 6.07) is 29.0. The van der Waals surface area contributed by atoms with Gasteiger partial charge in [0, 0.05) is 17.8 Å². The number of aromatic nitrogens is 1. The van der Waals surface area contributed by atoms with Crippen molar-refractivity contribution in [1.82, 2.24) is 4.98 Å². The molecule has 28 heavy (non-hydrogen) atoms. The maximum Gasteiger partial charge on any atom is 0.0346 e. The fourth-order valence-corrected chi connectivity index (χ4v) is 5.08. The zero-order chi connectivity index (χ0) is 18.2. The van der Waals surface area contributed by atoms with Crippen LogP contribution >= 0.6 is 0 Å². The molecule has 1 aliphatic carbocycles. The van der Waals surface area contributed by atoms with Crippen molar-refractivity contribution in [3.05, 3.63) is 91.3 Å². The third-order valence-corrected chi connectivity index (χ3v) is 6.26. The highest BCUT2D eigenvalue weighted by atomic mass is 14.6. The molecule has 1 nitrogen and oxygen atoms in total. The number of nitrogens with zero attached hydrogens (tertiary/aromatic N) is 1. The maximum atomic E-state index is 4.30. The summed E-state index contributed by atoms with van der Waals surface area (Å²) >= 11 is 0. The Morgan fingerprint density at radius 3 is 2.04 bits per heavy atom. The lowest BCUT2D eigenvalue weighted by atomic mass is 9.91. The van der Waals surface area contributed by atoms with Crippen molar-refractivity contribution < 1.29 is 0 Å². The van der Waals surface area contributed by atoms with Gasteiger partial charge in [0.1, 0.15) is 0 Å². The summed E-state index contributed by atoms with van der Waals surface area (Å²) in [4.78, 5) is 4.30. The minimum absolute atomic E-state index is 1.18. The molecule has 0 bridgehead atoms. The van der Waals surface area contributed by atoms with Crippen molar-refractivity contribution in [2.24, 2.45) is 0 Å². The van der Waals surface area contributed by atoms with Gasteiger partial charge in [-0.1, -0.05) is 72.8 Å². The Labute approximate surface area is 161 Å². The van der Waals surface area contributed by atoms with E-state index in [4.69, 9.17) is 0 Å². The van der Waals surface area contributed by atoms with Crippen LogP contribution in [0.4, 0.5) is 0 Å². The van der Waals surface area contributed by atoms with Crippen LogP contribution in [0.15, 0.2) is 91.3 Å². The first-order valence-electron chi connectivity index (χ1n) is 9.65. The first-order valence-corrected chi connectivity index (χ1v) is 9.65. The van der Waals surface area contributed by atoms with Gasteiger partial charge in [-0.05, 0) is 66.0 Å². The van der Waals surface area contributed by atoms with Crippen LogP contribution in [0.3, 0.4) is 0 Å². The molecule has 128 valence electrons. The number of benzene rings is 5. The van der Waals surface area contributed by atoms with Gasteiger partial charge in [0.25, 0.3) is 0 Å². The number of hydrogen-bond donors (Lipinski definition) is 0. The van der Waals surface area contributed by atoms with E-state index >= 15 is 0 Å². The van der Waals surface area contributed by atoms with Crippen LogP contribution in [-0.4, -0.2) is 4.98 Å². The second kappa shape index (κ2) is 4.96. The molecule has 0 saturated carbocycles. The van der Waals surface area contributed by atoms with Gasteiger partial charge in [-0.25, -0.2) is 0 Å². The Balaban J connectivity index is 1.70. The Kier molecular flexibility index (Phi) is 2.54. The van der Waals surface area contributed by atoms with Crippen LogP contribution in [0.25, 0.3) is 65.3 Å². The second-order valence-electron chi connectivity index (χ2n) is 7.62. The van der Waals surface area contributed by atoms with E-state index in [1.165, 1.54) is 65.3 Å². The third-order valence-electron chi connectivity index (χ3n) is 6.26. The Morgan fingerprint density at radius 2 is 1.11 bits per heavy atom. The summed E-state index contributed by atoms with van der Waals surface area (Å²) in [7, 11) is 0. The molecule has 5 aromatic carbocycles. The molecule has 7 rings (SSSR count). The molecule has 0 N–H and O–H groups in total. The molecule has 0 amide bonds. The van der Waals surface area contributed by atoms with Gasteiger partial charge in [-0.15, -0.1) is 0 Å². The topological polar surface area (TPSA) is 12.9 Å². The van der Waals surface area contributed by atoms with E-state index < -0.39 is 0 Å². The van der Waals surface area contributed by atoms with E-state index in [0.717, 1.165) is 0 Å². The van der Waals surface area contributed by atoms with Crippen LogP contribution in [0.5, 0.6) is 0 Å². The van der Waals surface area contributed by atoms with E-state index in [0.29, 0.717) is 0 Å². The van der Waals surface area contributed by atoms with Gasteiger partial charge in [-0.2, -0.15) is 0 Å². The molecule has 6 aromatic rings. The predicted molar refractivity (Wildman–Crippen MR) is 119 cm³/mol. The van der Waals surface area contributed by atoms with E-state index in [2.05, 4.69) is 83.8 Å². The molecule has 0 spiro atoms. The quantitative estimate of drug-likeness (QED) is 0.281. The molecule has 0 aliphatic heterocycles. The predicted octanol–water partition coefficient (Wildman–Crippen LogP) is 7.34. The van der Waals surface area contributed by atoms with Gasteiger partial charge in [0.05, 0.1) is 0 Å². The summed E-state index contributed by atoms with van der Waals surface area (Å²) < 4.78 is 0. The monoisotopic (exact) mass is 353 g/mol. The van der Waals surface area contributed by atoms with E-state index in [-0.39, 0.29) is 0 Å². The molecule has 1 aromatic heterocycles. The lowest BCUT2D eigenvalue weighted by Gasteiger charge is -2.12. The van der Waals surface area contributed by atoms with Gasteiger partial charge >= 0.3 is 0 Å². The van der Waals surface area contributed by atoms with E-state index in [9.17, 15) is 0 Å². The molecule has 1 heteroatoms. The fourth-order valence-electron chi connectivity index (χ4n) is 5.08. The van der Waals surface area contributed by atoms with E-state index in [1.807, 2.05) is 12.4 Å². The highest BCUT2D eigenvalue weighted by Crippen LogP contribution is 2.49. The summed E-state index contributed by atoms with van der Waals surface area (Å²) in [5.74, 6) is 0. The Hall–Kier alpha value is -3.71. The standard InChI is InChI=1S/C27H15N/c1-3-16-7-8-17-9-10-23-21(20-5-2-4-18-15-28-14-13-19(18)20)11-12-24-22(6-1)25(16)26(17)27(23)24/h1-15H. The van der Waals surface area contributed by atoms with Crippen molar-refractivity contribution in [1.29, 1.82) is 0 Å². The van der Waals surface area contributed by atoms with Crippen LogP contribution in [0.2, 0.25) is 0 Å². The van der Waals surface area contributed by atoms with Crippen molar-refractivity contribution in [2.45, 2.75) is 0 Å². The average molecular weight is 353 g/mol. The number of rotatable bonds is 1. The Bertz CT molecular complexity index is 1600. The Morgan fingerprint density at radius 1 is 0.429 bits per heavy atom. The zero-order valence-electron chi connectivity index (χ0n) is 15.1. The van der Waals surface area contributed by atoms with Gasteiger partial charge in [0.15, 0.2) is 0 Å². The zero-order valence-corrected chi connectivity index (χ0v) is 15.1. The van der Waals surface area contributed by atoms with Crippen LogP contribution in [-0.2, 0) is 0 Å². The molecule has 1 heterocycles. The molecule has 0 atom stereocenters. The molecule has 0 fully saturated rings. The third kappa shape index (κ3) is 1.65. The molecular weight excluding hydrogens is 338 g/mol. The summed E-state index contributed by atoms with van der Waals surface area (Å²) in [6.07, 6.45) is 3.83. The van der Waals surface area contributed by atoms with Gasteiger partial charge < -0.3 is 0 Å². The summed E-state index contributed by atoms with van der Waals surface area (Å²) in [5.41, 5.74) is 5.29.